The van der Waals surface area contributed by atoms with E-state index in [1.807, 2.05) is 5.01 Å². The lowest BCUT2D eigenvalue weighted by atomic mass is 10.1. The van der Waals surface area contributed by atoms with Crippen molar-refractivity contribution in [2.24, 2.45) is 4.99 Å². The molecule has 176 valence electrons. The largest absolute Gasteiger partial charge is 0.387 e. The topological polar surface area (TPSA) is 133 Å². The third-order valence-corrected chi connectivity index (χ3v) is 6.43. The average molecular weight is 473 g/mol. The first kappa shape index (κ1) is 23.1. The number of aliphatic hydroxyl groups is 2. The number of ketones is 1. The molecule has 2 saturated heterocycles. The van der Waals surface area contributed by atoms with Crippen LogP contribution in [0.2, 0.25) is 0 Å². The molecule has 32 heavy (non-hydrogen) atoms. The van der Waals surface area contributed by atoms with Crippen molar-refractivity contribution in [3.8, 4) is 0 Å². The number of nitrogens with one attached hydrogen (secondary N) is 1. The normalized spacial score (nSPS) is 33.1. The number of ether oxygens (including phenoxy) is 1. The molecule has 0 bridgehead atoms. The second-order valence-electron chi connectivity index (χ2n) is 8.14. The van der Waals surface area contributed by atoms with E-state index in [-0.39, 0.29) is 17.3 Å². The second-order valence-corrected chi connectivity index (χ2v) is 8.67. The van der Waals surface area contributed by atoms with E-state index < -0.39 is 48.0 Å². The van der Waals surface area contributed by atoms with Gasteiger partial charge in [-0.2, -0.15) is 0 Å². The minimum atomic E-state index is -2.10. The SMILES string of the molecule is CC(=O)N1c2c(ncn2[C@@H]2O[C@H](CF)C(O)C2O)C(NN2CCCCC2)=NC1(Cl)C(C)=O. The lowest BCUT2D eigenvalue weighted by Gasteiger charge is -2.39. The van der Waals surface area contributed by atoms with Crippen LogP contribution in [0.1, 0.15) is 45.0 Å². The Hall–Kier alpha value is -2.12. The van der Waals surface area contributed by atoms with Crippen molar-refractivity contribution in [2.75, 3.05) is 24.7 Å². The standard InChI is InChI=1S/C19H26ClFN6O5/c1-10(28)19(20)23-16(24-25-6-4-3-5-7-25)13-17(27(19)11(2)29)26(9-22-13)18-15(31)14(30)12(8-21)32-18/h9,12,14-15,18,30-31H,3-8H2,1-2H3,(H,23,24)/t12-,14?,15?,18-,19?/m1/s1. The molecule has 1 aromatic rings. The molecule has 0 spiro atoms. The first-order chi connectivity index (χ1) is 15.2. The van der Waals surface area contributed by atoms with Crippen LogP contribution in [-0.4, -0.2) is 85.5 Å². The summed E-state index contributed by atoms with van der Waals surface area (Å²) in [5.74, 6) is -0.985. The van der Waals surface area contributed by atoms with Crippen LogP contribution in [-0.2, 0) is 14.3 Å². The van der Waals surface area contributed by atoms with Gasteiger partial charge in [-0.1, -0.05) is 18.0 Å². The number of nitrogens with zero attached hydrogens (tertiary/aromatic N) is 5. The Morgan fingerprint density at radius 2 is 1.97 bits per heavy atom. The highest BCUT2D eigenvalue weighted by atomic mass is 35.5. The molecule has 4 rings (SSSR count). The van der Waals surface area contributed by atoms with Gasteiger partial charge in [-0.15, -0.1) is 0 Å². The van der Waals surface area contributed by atoms with Crippen LogP contribution in [0.5, 0.6) is 0 Å². The molecular formula is C19H26ClFN6O5. The van der Waals surface area contributed by atoms with Crippen molar-refractivity contribution >= 4 is 34.9 Å². The zero-order chi connectivity index (χ0) is 23.2. The van der Waals surface area contributed by atoms with E-state index in [4.69, 9.17) is 16.3 Å². The van der Waals surface area contributed by atoms with Crippen LogP contribution >= 0.6 is 11.6 Å². The van der Waals surface area contributed by atoms with E-state index in [0.717, 1.165) is 37.3 Å². The number of hydrogen-bond donors (Lipinski definition) is 3. The maximum atomic E-state index is 13.2. The molecule has 0 saturated carbocycles. The number of aliphatic imine (C=N–C) groups is 1. The fraction of sp³-hybridized carbons (Fsp3) is 0.684. The van der Waals surface area contributed by atoms with Crippen LogP contribution in [0.3, 0.4) is 0 Å². The van der Waals surface area contributed by atoms with Crippen molar-refractivity contribution in [1.82, 2.24) is 20.0 Å². The van der Waals surface area contributed by atoms with E-state index in [1.54, 1.807) is 0 Å². The molecule has 3 aliphatic heterocycles. The van der Waals surface area contributed by atoms with Crippen LogP contribution in [0, 0.1) is 0 Å². The minimum absolute atomic E-state index is 0.0490. The molecule has 0 aliphatic carbocycles. The fourth-order valence-corrected chi connectivity index (χ4v) is 4.52. The van der Waals surface area contributed by atoms with Gasteiger partial charge < -0.3 is 20.4 Å². The van der Waals surface area contributed by atoms with E-state index in [0.29, 0.717) is 0 Å². The average Bonchev–Trinajstić information content (AvgIpc) is 3.30. The zero-order valence-corrected chi connectivity index (χ0v) is 18.5. The van der Waals surface area contributed by atoms with E-state index in [2.05, 4.69) is 15.4 Å². The van der Waals surface area contributed by atoms with Gasteiger partial charge in [-0.25, -0.2) is 19.4 Å². The van der Waals surface area contributed by atoms with Crippen molar-refractivity contribution in [3.05, 3.63) is 12.0 Å². The molecule has 3 N–H and O–H groups in total. The predicted octanol–water partition coefficient (Wildman–Crippen LogP) is 0.0570. The highest BCUT2D eigenvalue weighted by Gasteiger charge is 2.52. The van der Waals surface area contributed by atoms with Crippen LogP contribution < -0.4 is 10.3 Å². The molecule has 2 fully saturated rings. The number of alkyl halides is 2. The third kappa shape index (κ3) is 3.69. The highest BCUT2D eigenvalue weighted by Crippen LogP contribution is 2.41. The van der Waals surface area contributed by atoms with Gasteiger partial charge in [0.05, 0.1) is 6.33 Å². The summed E-state index contributed by atoms with van der Waals surface area (Å²) in [6, 6.07) is 0. The van der Waals surface area contributed by atoms with Gasteiger partial charge in [-0.3, -0.25) is 19.1 Å². The number of amides is 1. The number of hydrogen-bond acceptors (Lipinski definition) is 9. The number of aromatic nitrogens is 2. The summed E-state index contributed by atoms with van der Waals surface area (Å²) in [6.07, 6.45) is -1.16. The van der Waals surface area contributed by atoms with E-state index in [1.165, 1.54) is 24.7 Å². The Balaban J connectivity index is 1.82. The summed E-state index contributed by atoms with van der Waals surface area (Å²) >= 11 is 6.62. The number of imidazole rings is 1. The molecule has 1 aromatic heterocycles. The molecule has 13 heteroatoms. The lowest BCUT2D eigenvalue weighted by molar-refractivity contribution is -0.124. The van der Waals surface area contributed by atoms with Crippen molar-refractivity contribution in [3.63, 3.8) is 0 Å². The summed E-state index contributed by atoms with van der Waals surface area (Å²) in [5, 5.41) is 20.4. The zero-order valence-electron chi connectivity index (χ0n) is 17.7. The number of carbonyl (C=O) groups is 2. The third-order valence-electron chi connectivity index (χ3n) is 5.91. The van der Waals surface area contributed by atoms with Gasteiger partial charge in [0, 0.05) is 26.9 Å². The number of piperidine rings is 1. The number of carbonyl (C=O) groups excluding carboxylic acids is 2. The second kappa shape index (κ2) is 8.67. The highest BCUT2D eigenvalue weighted by molar-refractivity contribution is 6.40. The number of hydrazine groups is 1. The maximum absolute atomic E-state index is 13.2. The molecule has 0 radical (unpaired) electrons. The smallest absolute Gasteiger partial charge is 0.278 e. The van der Waals surface area contributed by atoms with Gasteiger partial charge in [0.25, 0.3) is 5.12 Å². The molecule has 3 aliphatic rings. The summed E-state index contributed by atoms with van der Waals surface area (Å²) in [5.41, 5.74) is 3.35. The molecular weight excluding hydrogens is 447 g/mol. The summed E-state index contributed by atoms with van der Waals surface area (Å²) in [4.78, 5) is 34.9. The summed E-state index contributed by atoms with van der Waals surface area (Å²) < 4.78 is 20.0. The predicted molar refractivity (Wildman–Crippen MR) is 112 cm³/mol. The lowest BCUT2D eigenvalue weighted by Crippen LogP contribution is -2.57. The Labute approximate surface area is 188 Å². The molecule has 1 amide bonds. The van der Waals surface area contributed by atoms with E-state index >= 15 is 0 Å². The van der Waals surface area contributed by atoms with Gasteiger partial charge >= 0.3 is 0 Å². The number of Topliss-reactive ketones (excluding diaryl/α,β-unsaturated/α-hetero) is 1. The summed E-state index contributed by atoms with van der Waals surface area (Å²) in [7, 11) is 0. The van der Waals surface area contributed by atoms with Crippen molar-refractivity contribution < 1.29 is 28.9 Å². The van der Waals surface area contributed by atoms with Gasteiger partial charge in [0.15, 0.2) is 23.7 Å². The number of aliphatic hydroxyl groups excluding tert-OH is 2. The summed E-state index contributed by atoms with van der Waals surface area (Å²) in [6.45, 7) is 2.90. The Bertz CT molecular complexity index is 937. The first-order valence-corrected chi connectivity index (χ1v) is 10.8. The van der Waals surface area contributed by atoms with Crippen molar-refractivity contribution in [2.45, 2.75) is 62.8 Å². The minimum Gasteiger partial charge on any atom is -0.387 e. The number of amidine groups is 1. The Morgan fingerprint density at radius 1 is 1.28 bits per heavy atom. The molecule has 4 heterocycles. The number of anilines is 1. The van der Waals surface area contributed by atoms with Gasteiger partial charge in [0.1, 0.15) is 30.7 Å². The van der Waals surface area contributed by atoms with Gasteiger partial charge in [-0.05, 0) is 12.8 Å². The van der Waals surface area contributed by atoms with Gasteiger partial charge in [0.2, 0.25) is 5.91 Å². The Kier molecular flexibility index (Phi) is 6.25. The number of halogens is 2. The maximum Gasteiger partial charge on any atom is 0.278 e. The van der Waals surface area contributed by atoms with Crippen LogP contribution in [0.4, 0.5) is 10.2 Å². The van der Waals surface area contributed by atoms with Crippen LogP contribution in [0.15, 0.2) is 11.3 Å². The number of fused-ring (bicyclic) bond motifs is 1. The van der Waals surface area contributed by atoms with E-state index in [9.17, 15) is 24.2 Å². The Morgan fingerprint density at radius 3 is 2.53 bits per heavy atom. The molecule has 11 nitrogen and oxygen atoms in total. The fourth-order valence-electron chi connectivity index (χ4n) is 4.23. The molecule has 5 atom stereocenters. The molecule has 3 unspecified atom stereocenters. The monoisotopic (exact) mass is 472 g/mol. The number of rotatable bonds is 4. The quantitative estimate of drug-likeness (QED) is 0.414. The van der Waals surface area contributed by atoms with Crippen LogP contribution in [0.25, 0.3) is 0 Å². The first-order valence-electron chi connectivity index (χ1n) is 10.5. The van der Waals surface area contributed by atoms with Crippen molar-refractivity contribution in [1.29, 1.82) is 0 Å². The molecule has 0 aromatic carbocycles.